The molecule has 1 N–H and O–H groups in total. The number of carbonyl (C=O) groups is 1. The Morgan fingerprint density at radius 2 is 1.83 bits per heavy atom. The van der Waals surface area contributed by atoms with Gasteiger partial charge in [0.2, 0.25) is 5.91 Å². The fraction of sp³-hybridized carbons (Fsp3) is 0.125. The van der Waals surface area contributed by atoms with Gasteiger partial charge in [-0.25, -0.2) is 9.37 Å². The standard InChI is InChI=1S/C16H10F4N2OS/c17-10-6-4-9(5-7-10)8-13(23)21-15-22-14-11(16(18,19)20)2-1-3-12(14)24-15/h1-7H,8H2,(H,21,22,23). The van der Waals surface area contributed by atoms with Crippen molar-refractivity contribution in [2.45, 2.75) is 12.6 Å². The van der Waals surface area contributed by atoms with Crippen molar-refractivity contribution < 1.29 is 22.4 Å². The number of hydrogen-bond acceptors (Lipinski definition) is 3. The molecule has 0 bridgehead atoms. The van der Waals surface area contributed by atoms with E-state index in [4.69, 9.17) is 0 Å². The number of rotatable bonds is 3. The summed E-state index contributed by atoms with van der Waals surface area (Å²) in [5.74, 6) is -0.848. The molecule has 1 heterocycles. The number of anilines is 1. The van der Waals surface area contributed by atoms with Gasteiger partial charge in [-0.1, -0.05) is 29.5 Å². The molecule has 24 heavy (non-hydrogen) atoms. The molecule has 2 aromatic carbocycles. The van der Waals surface area contributed by atoms with Gasteiger partial charge in [-0.2, -0.15) is 13.2 Å². The summed E-state index contributed by atoms with van der Waals surface area (Å²) in [6.45, 7) is 0. The Kier molecular flexibility index (Phi) is 4.23. The Hall–Kier alpha value is -2.48. The van der Waals surface area contributed by atoms with E-state index in [2.05, 4.69) is 10.3 Å². The predicted octanol–water partition coefficient (Wildman–Crippen LogP) is 4.64. The first kappa shape index (κ1) is 16.4. The third-order valence-corrected chi connectivity index (χ3v) is 4.18. The fourth-order valence-electron chi connectivity index (χ4n) is 2.18. The molecule has 3 aromatic rings. The number of nitrogens with zero attached hydrogens (tertiary/aromatic N) is 1. The SMILES string of the molecule is O=C(Cc1ccc(F)cc1)Nc1nc2c(C(F)(F)F)cccc2s1. The van der Waals surface area contributed by atoms with Crippen LogP contribution in [0.15, 0.2) is 42.5 Å². The molecule has 0 atom stereocenters. The third-order valence-electron chi connectivity index (χ3n) is 3.25. The fourth-order valence-corrected chi connectivity index (χ4v) is 3.09. The quantitative estimate of drug-likeness (QED) is 0.697. The molecule has 0 aliphatic carbocycles. The van der Waals surface area contributed by atoms with Crippen molar-refractivity contribution in [2.24, 2.45) is 0 Å². The Morgan fingerprint density at radius 1 is 1.12 bits per heavy atom. The van der Waals surface area contributed by atoms with E-state index in [-0.39, 0.29) is 17.1 Å². The second kappa shape index (κ2) is 6.20. The van der Waals surface area contributed by atoms with E-state index in [1.165, 1.54) is 36.4 Å². The highest BCUT2D eigenvalue weighted by Crippen LogP contribution is 2.37. The number of aromatic nitrogens is 1. The molecule has 0 radical (unpaired) electrons. The normalized spacial score (nSPS) is 11.7. The first-order chi connectivity index (χ1) is 11.3. The van der Waals surface area contributed by atoms with Gasteiger partial charge in [0.1, 0.15) is 5.82 Å². The lowest BCUT2D eigenvalue weighted by Crippen LogP contribution is -2.14. The highest BCUT2D eigenvalue weighted by Gasteiger charge is 2.33. The number of benzene rings is 2. The number of amides is 1. The molecule has 3 nitrogen and oxygen atoms in total. The van der Waals surface area contributed by atoms with Crippen LogP contribution in [0.3, 0.4) is 0 Å². The van der Waals surface area contributed by atoms with Crippen LogP contribution in [-0.2, 0) is 17.4 Å². The van der Waals surface area contributed by atoms with E-state index in [1.807, 2.05) is 0 Å². The van der Waals surface area contributed by atoms with Gasteiger partial charge in [-0.3, -0.25) is 4.79 Å². The summed E-state index contributed by atoms with van der Waals surface area (Å²) in [7, 11) is 0. The van der Waals surface area contributed by atoms with Crippen molar-refractivity contribution in [3.05, 3.63) is 59.4 Å². The Balaban J connectivity index is 1.80. The lowest BCUT2D eigenvalue weighted by molar-refractivity contribution is -0.136. The minimum absolute atomic E-state index is 0.0255. The summed E-state index contributed by atoms with van der Waals surface area (Å²) in [5.41, 5.74) is -0.437. The molecule has 1 amide bonds. The average Bonchev–Trinajstić information content (AvgIpc) is 2.90. The number of alkyl halides is 3. The second-order valence-corrected chi connectivity index (χ2v) is 6.05. The zero-order valence-corrected chi connectivity index (χ0v) is 12.8. The lowest BCUT2D eigenvalue weighted by atomic mass is 10.1. The van der Waals surface area contributed by atoms with Gasteiger partial charge in [0.15, 0.2) is 5.13 Å². The molecular weight excluding hydrogens is 344 g/mol. The number of hydrogen-bond donors (Lipinski definition) is 1. The van der Waals surface area contributed by atoms with Crippen molar-refractivity contribution >= 4 is 32.6 Å². The van der Waals surface area contributed by atoms with Crippen LogP contribution in [0.1, 0.15) is 11.1 Å². The summed E-state index contributed by atoms with van der Waals surface area (Å²) in [5, 5.41) is 2.57. The zero-order chi connectivity index (χ0) is 17.3. The molecule has 1 aromatic heterocycles. The highest BCUT2D eigenvalue weighted by molar-refractivity contribution is 7.22. The van der Waals surface area contributed by atoms with Crippen molar-refractivity contribution in [1.29, 1.82) is 0 Å². The Labute approximate surface area is 137 Å². The van der Waals surface area contributed by atoms with E-state index in [9.17, 15) is 22.4 Å². The van der Waals surface area contributed by atoms with E-state index in [0.717, 1.165) is 17.4 Å². The molecule has 8 heteroatoms. The molecule has 0 aliphatic heterocycles. The zero-order valence-electron chi connectivity index (χ0n) is 12.0. The number of thiazole rings is 1. The molecule has 124 valence electrons. The van der Waals surface area contributed by atoms with Crippen LogP contribution in [0.2, 0.25) is 0 Å². The van der Waals surface area contributed by atoms with Crippen LogP contribution in [0.4, 0.5) is 22.7 Å². The van der Waals surface area contributed by atoms with Crippen LogP contribution in [0.5, 0.6) is 0 Å². The monoisotopic (exact) mass is 354 g/mol. The smallest absolute Gasteiger partial charge is 0.302 e. The van der Waals surface area contributed by atoms with Crippen molar-refractivity contribution in [3.8, 4) is 0 Å². The second-order valence-electron chi connectivity index (χ2n) is 5.02. The van der Waals surface area contributed by atoms with Crippen LogP contribution in [0, 0.1) is 5.82 Å². The summed E-state index contributed by atoms with van der Waals surface area (Å²) in [6.07, 6.45) is -4.54. The third kappa shape index (κ3) is 3.53. The van der Waals surface area contributed by atoms with Gasteiger partial charge >= 0.3 is 6.18 Å². The highest BCUT2D eigenvalue weighted by atomic mass is 32.1. The van der Waals surface area contributed by atoms with Crippen LogP contribution in [0.25, 0.3) is 10.2 Å². The van der Waals surface area contributed by atoms with Gasteiger partial charge in [-0.05, 0) is 29.8 Å². The van der Waals surface area contributed by atoms with Crippen molar-refractivity contribution in [3.63, 3.8) is 0 Å². The van der Waals surface area contributed by atoms with Crippen LogP contribution < -0.4 is 5.32 Å². The molecular formula is C16H10F4N2OS. The number of carbonyl (C=O) groups excluding carboxylic acids is 1. The molecule has 0 saturated heterocycles. The summed E-state index contributed by atoms with van der Waals surface area (Å²) in [6, 6.07) is 9.16. The van der Waals surface area contributed by atoms with Gasteiger partial charge in [-0.15, -0.1) is 0 Å². The van der Waals surface area contributed by atoms with Crippen molar-refractivity contribution in [1.82, 2.24) is 4.98 Å². The number of para-hydroxylation sites is 1. The summed E-state index contributed by atoms with van der Waals surface area (Å²) < 4.78 is 52.0. The minimum atomic E-state index is -4.51. The average molecular weight is 354 g/mol. The molecule has 0 spiro atoms. The molecule has 0 saturated carbocycles. The Morgan fingerprint density at radius 3 is 2.50 bits per heavy atom. The minimum Gasteiger partial charge on any atom is -0.302 e. The Bertz CT molecular complexity index is 887. The maximum atomic E-state index is 13.0. The van der Waals surface area contributed by atoms with E-state index in [1.54, 1.807) is 0 Å². The number of nitrogens with one attached hydrogen (secondary N) is 1. The molecule has 0 aliphatic rings. The molecule has 0 fully saturated rings. The summed E-state index contributed by atoms with van der Waals surface area (Å²) >= 11 is 0.966. The van der Waals surface area contributed by atoms with Crippen LogP contribution in [-0.4, -0.2) is 10.9 Å². The molecule has 3 rings (SSSR count). The maximum absolute atomic E-state index is 13.0. The van der Waals surface area contributed by atoms with E-state index in [0.29, 0.717) is 10.3 Å². The predicted molar refractivity (Wildman–Crippen MR) is 83.4 cm³/mol. The van der Waals surface area contributed by atoms with Crippen molar-refractivity contribution in [2.75, 3.05) is 5.32 Å². The van der Waals surface area contributed by atoms with Gasteiger partial charge in [0, 0.05) is 0 Å². The molecule has 0 unspecified atom stereocenters. The lowest BCUT2D eigenvalue weighted by Gasteiger charge is -2.06. The number of halogens is 4. The first-order valence-electron chi connectivity index (χ1n) is 6.84. The van der Waals surface area contributed by atoms with Gasteiger partial charge in [0.05, 0.1) is 22.2 Å². The van der Waals surface area contributed by atoms with Gasteiger partial charge < -0.3 is 5.32 Å². The van der Waals surface area contributed by atoms with Gasteiger partial charge in [0.25, 0.3) is 0 Å². The maximum Gasteiger partial charge on any atom is 0.418 e. The summed E-state index contributed by atoms with van der Waals surface area (Å²) in [4.78, 5) is 15.8. The van der Waals surface area contributed by atoms with E-state index < -0.39 is 23.5 Å². The van der Waals surface area contributed by atoms with E-state index >= 15 is 0 Å². The largest absolute Gasteiger partial charge is 0.418 e. The number of fused-ring (bicyclic) bond motifs is 1. The van der Waals surface area contributed by atoms with Crippen LogP contribution >= 0.6 is 11.3 Å². The first-order valence-corrected chi connectivity index (χ1v) is 7.65. The topological polar surface area (TPSA) is 42.0 Å².